The van der Waals surface area contributed by atoms with E-state index in [9.17, 15) is 24.3 Å². The Bertz CT molecular complexity index is 1100. The molecule has 0 aliphatic carbocycles. The summed E-state index contributed by atoms with van der Waals surface area (Å²) in [7, 11) is 0. The minimum absolute atomic E-state index is 0.00567. The first-order chi connectivity index (χ1) is 18.4. The number of rotatable bonds is 11. The standard InChI is InChI=1S/C29H36N4O5/c34-26(19-22(17-20-9-3-1-4-10-20)31-27(35)23-13-7-15-30-23)32-24(18-21-11-5-2-6-12-21)28(36)33-16-8-14-25(33)29(37)38/h1-6,9-12,22-25,30H,7-8,13-19H2,(H,31,35)(H,32,34)(H,37,38)/t22-,23+,24-,25+/m0/s1. The summed E-state index contributed by atoms with van der Waals surface area (Å²) < 4.78 is 0. The van der Waals surface area contributed by atoms with Gasteiger partial charge in [-0.15, -0.1) is 0 Å². The molecule has 202 valence electrons. The Morgan fingerprint density at radius 1 is 0.895 bits per heavy atom. The zero-order valence-electron chi connectivity index (χ0n) is 21.5. The number of benzene rings is 2. The molecule has 2 aliphatic heterocycles. The van der Waals surface area contributed by atoms with Crippen molar-refractivity contribution in [3.05, 3.63) is 71.8 Å². The fraction of sp³-hybridized carbons (Fsp3) is 0.448. The second kappa shape index (κ2) is 13.2. The predicted molar refractivity (Wildman–Crippen MR) is 142 cm³/mol. The second-order valence-corrected chi connectivity index (χ2v) is 10.1. The van der Waals surface area contributed by atoms with E-state index in [1.54, 1.807) is 0 Å². The van der Waals surface area contributed by atoms with E-state index in [1.165, 1.54) is 4.90 Å². The Balaban J connectivity index is 1.48. The van der Waals surface area contributed by atoms with Crippen molar-refractivity contribution in [1.82, 2.24) is 20.9 Å². The molecule has 9 heteroatoms. The van der Waals surface area contributed by atoms with Crippen LogP contribution >= 0.6 is 0 Å². The van der Waals surface area contributed by atoms with Gasteiger partial charge in [-0.1, -0.05) is 60.7 Å². The molecule has 2 heterocycles. The molecule has 4 N–H and O–H groups in total. The number of carbonyl (C=O) groups excluding carboxylic acids is 3. The number of carboxylic acids is 1. The van der Waals surface area contributed by atoms with Gasteiger partial charge in [0.05, 0.1) is 6.04 Å². The lowest BCUT2D eigenvalue weighted by molar-refractivity contribution is -0.149. The molecule has 2 aromatic carbocycles. The number of carboxylic acid groups (broad SMARTS) is 1. The van der Waals surface area contributed by atoms with Crippen molar-refractivity contribution < 1.29 is 24.3 Å². The molecule has 0 spiro atoms. The summed E-state index contributed by atoms with van der Waals surface area (Å²) in [4.78, 5) is 52.8. The van der Waals surface area contributed by atoms with Crippen LogP contribution in [-0.4, -0.2) is 71.0 Å². The van der Waals surface area contributed by atoms with Crippen LogP contribution in [0.2, 0.25) is 0 Å². The Morgan fingerprint density at radius 2 is 1.55 bits per heavy atom. The summed E-state index contributed by atoms with van der Waals surface area (Å²) in [6.07, 6.45) is 3.40. The van der Waals surface area contributed by atoms with Gasteiger partial charge in [-0.25, -0.2) is 4.79 Å². The van der Waals surface area contributed by atoms with Gasteiger partial charge in [-0.2, -0.15) is 0 Å². The van der Waals surface area contributed by atoms with E-state index in [0.29, 0.717) is 25.8 Å². The summed E-state index contributed by atoms with van der Waals surface area (Å²) in [5.41, 5.74) is 1.85. The van der Waals surface area contributed by atoms with Crippen LogP contribution in [0.25, 0.3) is 0 Å². The van der Waals surface area contributed by atoms with E-state index in [0.717, 1.165) is 30.5 Å². The van der Waals surface area contributed by atoms with E-state index in [2.05, 4.69) is 16.0 Å². The molecule has 2 saturated heterocycles. The van der Waals surface area contributed by atoms with Crippen molar-refractivity contribution in [1.29, 1.82) is 0 Å². The first-order valence-corrected chi connectivity index (χ1v) is 13.3. The molecule has 0 saturated carbocycles. The van der Waals surface area contributed by atoms with Crippen LogP contribution in [0, 0.1) is 0 Å². The molecule has 0 bridgehead atoms. The Hall–Kier alpha value is -3.72. The van der Waals surface area contributed by atoms with E-state index >= 15 is 0 Å². The van der Waals surface area contributed by atoms with E-state index in [-0.39, 0.29) is 30.7 Å². The van der Waals surface area contributed by atoms with E-state index in [1.807, 2.05) is 60.7 Å². The number of aliphatic carboxylic acids is 1. The molecule has 0 aromatic heterocycles. The van der Waals surface area contributed by atoms with Crippen LogP contribution in [0.3, 0.4) is 0 Å². The van der Waals surface area contributed by atoms with Gasteiger partial charge in [0.1, 0.15) is 12.1 Å². The van der Waals surface area contributed by atoms with Crippen molar-refractivity contribution in [3.8, 4) is 0 Å². The number of nitrogens with one attached hydrogen (secondary N) is 3. The van der Waals surface area contributed by atoms with Gasteiger partial charge in [-0.05, 0) is 49.8 Å². The van der Waals surface area contributed by atoms with Crippen molar-refractivity contribution in [3.63, 3.8) is 0 Å². The highest BCUT2D eigenvalue weighted by Gasteiger charge is 2.38. The lowest BCUT2D eigenvalue weighted by Gasteiger charge is -2.28. The normalized spacial score (nSPS) is 20.5. The van der Waals surface area contributed by atoms with Crippen LogP contribution in [0.5, 0.6) is 0 Å². The molecular weight excluding hydrogens is 484 g/mol. The lowest BCUT2D eigenvalue weighted by Crippen LogP contribution is -2.54. The monoisotopic (exact) mass is 520 g/mol. The van der Waals surface area contributed by atoms with Crippen molar-refractivity contribution in [2.45, 2.75) is 69.1 Å². The molecule has 3 amide bonds. The molecule has 4 rings (SSSR count). The summed E-state index contributed by atoms with van der Waals surface area (Å²) in [5, 5.41) is 18.7. The second-order valence-electron chi connectivity index (χ2n) is 10.1. The van der Waals surface area contributed by atoms with Gasteiger partial charge >= 0.3 is 5.97 Å². The highest BCUT2D eigenvalue weighted by Crippen LogP contribution is 2.20. The van der Waals surface area contributed by atoms with Gasteiger partial charge in [0.2, 0.25) is 17.7 Å². The molecule has 4 atom stereocenters. The smallest absolute Gasteiger partial charge is 0.326 e. The third-order valence-electron chi connectivity index (χ3n) is 7.22. The molecule has 2 fully saturated rings. The Morgan fingerprint density at radius 3 is 2.16 bits per heavy atom. The number of likely N-dealkylation sites (tertiary alicyclic amines) is 1. The van der Waals surface area contributed by atoms with Gasteiger partial charge in [0.25, 0.3) is 0 Å². The van der Waals surface area contributed by atoms with Crippen molar-refractivity contribution in [2.24, 2.45) is 0 Å². The van der Waals surface area contributed by atoms with Gasteiger partial charge in [0, 0.05) is 25.4 Å². The van der Waals surface area contributed by atoms with Crippen LogP contribution < -0.4 is 16.0 Å². The highest BCUT2D eigenvalue weighted by atomic mass is 16.4. The van der Waals surface area contributed by atoms with Crippen LogP contribution in [-0.2, 0) is 32.0 Å². The number of hydrogen-bond acceptors (Lipinski definition) is 5. The lowest BCUT2D eigenvalue weighted by atomic mass is 10.0. The average Bonchev–Trinajstić information content (AvgIpc) is 3.62. The Labute approximate surface area is 223 Å². The molecule has 38 heavy (non-hydrogen) atoms. The SMILES string of the molecule is O=C(C[C@H](Cc1ccccc1)NC(=O)[C@H]1CCCN1)N[C@@H](Cc1ccccc1)C(=O)N1CCC[C@@H]1C(=O)O. The van der Waals surface area contributed by atoms with Crippen molar-refractivity contribution >= 4 is 23.7 Å². The van der Waals surface area contributed by atoms with Crippen LogP contribution in [0.4, 0.5) is 0 Å². The van der Waals surface area contributed by atoms with Gasteiger partial charge in [-0.3, -0.25) is 14.4 Å². The maximum absolute atomic E-state index is 13.5. The summed E-state index contributed by atoms with van der Waals surface area (Å²) in [6.45, 7) is 1.14. The molecule has 0 unspecified atom stereocenters. The molecule has 2 aromatic rings. The summed E-state index contributed by atoms with van der Waals surface area (Å²) >= 11 is 0. The van der Waals surface area contributed by atoms with E-state index in [4.69, 9.17) is 0 Å². The predicted octanol–water partition coefficient (Wildman–Crippen LogP) is 1.66. The van der Waals surface area contributed by atoms with Crippen LogP contribution in [0.1, 0.15) is 43.2 Å². The average molecular weight is 521 g/mol. The third-order valence-corrected chi connectivity index (χ3v) is 7.22. The first-order valence-electron chi connectivity index (χ1n) is 13.3. The zero-order chi connectivity index (χ0) is 26.9. The number of amides is 3. The third kappa shape index (κ3) is 7.41. The van der Waals surface area contributed by atoms with Gasteiger partial charge in [0.15, 0.2) is 0 Å². The van der Waals surface area contributed by atoms with Crippen LogP contribution in [0.15, 0.2) is 60.7 Å². The first kappa shape index (κ1) is 27.3. The largest absolute Gasteiger partial charge is 0.480 e. The zero-order valence-corrected chi connectivity index (χ0v) is 21.5. The number of nitrogens with zero attached hydrogens (tertiary/aromatic N) is 1. The number of carbonyl (C=O) groups is 4. The van der Waals surface area contributed by atoms with Crippen molar-refractivity contribution in [2.75, 3.05) is 13.1 Å². The number of hydrogen-bond donors (Lipinski definition) is 4. The van der Waals surface area contributed by atoms with Gasteiger partial charge < -0.3 is 26.0 Å². The fourth-order valence-electron chi connectivity index (χ4n) is 5.30. The summed E-state index contributed by atoms with van der Waals surface area (Å²) in [6, 6.07) is 16.4. The quantitative estimate of drug-likeness (QED) is 0.357. The Kier molecular flexibility index (Phi) is 9.48. The molecule has 9 nitrogen and oxygen atoms in total. The highest BCUT2D eigenvalue weighted by molar-refractivity contribution is 5.91. The minimum Gasteiger partial charge on any atom is -0.480 e. The maximum atomic E-state index is 13.5. The maximum Gasteiger partial charge on any atom is 0.326 e. The fourth-order valence-corrected chi connectivity index (χ4v) is 5.30. The molecule has 2 aliphatic rings. The molecular formula is C29H36N4O5. The topological polar surface area (TPSA) is 128 Å². The summed E-state index contributed by atoms with van der Waals surface area (Å²) in [5.74, 6) is -1.93. The minimum atomic E-state index is -1.04. The van der Waals surface area contributed by atoms with E-state index < -0.39 is 30.0 Å². The molecule has 0 radical (unpaired) electrons.